The van der Waals surface area contributed by atoms with Gasteiger partial charge in [-0.2, -0.15) is 0 Å². The van der Waals surface area contributed by atoms with Gasteiger partial charge in [0.05, 0.1) is 0 Å². The van der Waals surface area contributed by atoms with Crippen LogP contribution in [0.25, 0.3) is 0 Å². The minimum Gasteiger partial charge on any atom is -0.466 e. The van der Waals surface area contributed by atoms with Crippen LogP contribution in [0.2, 0.25) is 0 Å². The van der Waals surface area contributed by atoms with Gasteiger partial charge in [-0.05, 0) is 0 Å². The van der Waals surface area contributed by atoms with Crippen molar-refractivity contribution in [2.75, 3.05) is 0 Å². The lowest BCUT2D eigenvalue weighted by Crippen LogP contribution is -1.74. The summed E-state index contributed by atoms with van der Waals surface area (Å²) < 4.78 is 9.17. The monoisotopic (exact) mass is 120 g/mol. The second-order valence-corrected chi connectivity index (χ2v) is 0.816. The van der Waals surface area contributed by atoms with E-state index in [1.54, 1.807) is 0 Å². The van der Waals surface area contributed by atoms with Gasteiger partial charge in [0.25, 0.3) is 0 Å². The van der Waals surface area contributed by atoms with Gasteiger partial charge in [-0.15, -0.1) is 0 Å². The van der Waals surface area contributed by atoms with Gasteiger partial charge in [-0.1, -0.05) is 0 Å². The summed E-state index contributed by atoms with van der Waals surface area (Å²) in [6, 6.07) is 0. The molecule has 0 bridgehead atoms. The molecule has 0 aromatic rings. The summed E-state index contributed by atoms with van der Waals surface area (Å²) in [5.41, 5.74) is 0. The minimum absolute atomic E-state index is 0. The van der Waals surface area contributed by atoms with Gasteiger partial charge in [0.2, 0.25) is 0 Å². The van der Waals surface area contributed by atoms with Crippen LogP contribution in [0.3, 0.4) is 0 Å². The first-order chi connectivity index (χ1) is 3.00. The van der Waals surface area contributed by atoms with Gasteiger partial charge in [-0.25, -0.2) is 0 Å². The van der Waals surface area contributed by atoms with Crippen LogP contribution in [0, 0.1) is 0 Å². The molecule has 1 rings (SSSR count). The largest absolute Gasteiger partial charge is 0.466 e. The van der Waals surface area contributed by atoms with E-state index in [2.05, 4.69) is 9.47 Å². The number of ether oxygens (including phenoxy) is 2. The molecule has 0 amide bonds. The Morgan fingerprint density at radius 3 is 1.00 bits per heavy atom. The predicted octanol–water partition coefficient (Wildman–Crippen LogP) is -0.674. The maximum atomic E-state index is 4.58. The molecule has 1 aliphatic rings. The van der Waals surface area contributed by atoms with Crippen molar-refractivity contribution in [3.8, 4) is 0 Å². The van der Waals surface area contributed by atoms with Crippen LogP contribution in [0.15, 0.2) is 25.0 Å². The van der Waals surface area contributed by atoms with Crippen molar-refractivity contribution < 1.29 is 20.4 Å². The maximum absolute atomic E-state index is 4.58. The second kappa shape index (κ2) is 6.00. The van der Waals surface area contributed by atoms with E-state index >= 15 is 0 Å². The second-order valence-electron chi connectivity index (χ2n) is 0.816. The summed E-state index contributed by atoms with van der Waals surface area (Å²) in [6.07, 6.45) is 5.83. The maximum Gasteiger partial charge on any atom is 0.125 e. The van der Waals surface area contributed by atoms with E-state index in [0.29, 0.717) is 0 Å². The molecule has 0 unspecified atom stereocenters. The Balaban J connectivity index is 0. The van der Waals surface area contributed by atoms with Crippen LogP contribution >= 0.6 is 0 Å². The first-order valence-electron chi connectivity index (χ1n) is 1.61. The quantitative estimate of drug-likeness (QED) is 0.424. The summed E-state index contributed by atoms with van der Waals surface area (Å²) >= 11 is 0. The Morgan fingerprint density at radius 1 is 0.625 bits per heavy atom. The predicted molar refractivity (Wildman–Crippen MR) is 27.7 cm³/mol. The fourth-order valence-corrected chi connectivity index (χ4v) is 0.219. The van der Waals surface area contributed by atoms with Crippen LogP contribution < -0.4 is 0 Å². The van der Waals surface area contributed by atoms with Crippen LogP contribution in [0.4, 0.5) is 0 Å². The smallest absolute Gasteiger partial charge is 0.125 e. The number of hydrogen-bond donors (Lipinski definition) is 0. The van der Waals surface area contributed by atoms with E-state index in [1.165, 1.54) is 25.0 Å². The third-order valence-corrected chi connectivity index (χ3v) is 0.425. The highest BCUT2D eigenvalue weighted by atomic mass is 16.5. The molecule has 4 nitrogen and oxygen atoms in total. The van der Waals surface area contributed by atoms with Crippen molar-refractivity contribution in [2.24, 2.45) is 0 Å². The summed E-state index contributed by atoms with van der Waals surface area (Å²) in [5.74, 6) is 0. The van der Waals surface area contributed by atoms with E-state index in [0.717, 1.165) is 0 Å². The molecule has 0 aromatic heterocycles. The van der Waals surface area contributed by atoms with Crippen LogP contribution in [0.5, 0.6) is 0 Å². The molecule has 4 heteroatoms. The summed E-state index contributed by atoms with van der Waals surface area (Å²) in [5, 5.41) is 0. The SMILES string of the molecule is C1=COC=CO1.O.O. The van der Waals surface area contributed by atoms with Crippen molar-refractivity contribution in [1.82, 2.24) is 0 Å². The van der Waals surface area contributed by atoms with Crippen molar-refractivity contribution in [2.45, 2.75) is 0 Å². The molecular formula is C4H8O4. The van der Waals surface area contributed by atoms with Crippen LogP contribution in [-0.2, 0) is 9.47 Å². The van der Waals surface area contributed by atoms with E-state index in [9.17, 15) is 0 Å². The molecular weight excluding hydrogens is 112 g/mol. The fourth-order valence-electron chi connectivity index (χ4n) is 0.219. The molecule has 1 heterocycles. The molecule has 0 radical (unpaired) electrons. The van der Waals surface area contributed by atoms with E-state index in [4.69, 9.17) is 0 Å². The molecule has 0 fully saturated rings. The average Bonchev–Trinajstić information content (AvgIpc) is 1.72. The molecule has 48 valence electrons. The summed E-state index contributed by atoms with van der Waals surface area (Å²) in [7, 11) is 0. The molecule has 0 atom stereocenters. The van der Waals surface area contributed by atoms with Crippen LogP contribution in [0.1, 0.15) is 0 Å². The lowest BCUT2D eigenvalue weighted by Gasteiger charge is -1.94. The van der Waals surface area contributed by atoms with Crippen molar-refractivity contribution in [3.63, 3.8) is 0 Å². The Hall–Kier alpha value is -1.00. The van der Waals surface area contributed by atoms with Crippen molar-refractivity contribution in [1.29, 1.82) is 0 Å². The highest BCUT2D eigenvalue weighted by molar-refractivity contribution is 4.77. The first-order valence-corrected chi connectivity index (χ1v) is 1.61. The van der Waals surface area contributed by atoms with E-state index in [-0.39, 0.29) is 11.0 Å². The van der Waals surface area contributed by atoms with Gasteiger partial charge in [0, 0.05) is 0 Å². The van der Waals surface area contributed by atoms with Gasteiger partial charge >= 0.3 is 0 Å². The van der Waals surface area contributed by atoms with Crippen molar-refractivity contribution in [3.05, 3.63) is 25.0 Å². The zero-order chi connectivity index (χ0) is 4.24. The Morgan fingerprint density at radius 2 is 0.875 bits per heavy atom. The third kappa shape index (κ3) is 3.20. The molecule has 0 spiro atoms. The Bertz CT molecular complexity index is 66.0. The van der Waals surface area contributed by atoms with E-state index in [1.807, 2.05) is 0 Å². The number of rotatable bonds is 0. The Kier molecular flexibility index (Phi) is 7.56. The highest BCUT2D eigenvalue weighted by Crippen LogP contribution is 1.89. The van der Waals surface area contributed by atoms with Gasteiger partial charge < -0.3 is 20.4 Å². The Labute approximate surface area is 46.6 Å². The van der Waals surface area contributed by atoms with E-state index < -0.39 is 0 Å². The molecule has 0 aromatic carbocycles. The number of hydrogen-bond acceptors (Lipinski definition) is 2. The van der Waals surface area contributed by atoms with Crippen molar-refractivity contribution >= 4 is 0 Å². The topological polar surface area (TPSA) is 81.5 Å². The average molecular weight is 120 g/mol. The highest BCUT2D eigenvalue weighted by Gasteiger charge is 1.74. The molecule has 0 aliphatic carbocycles. The minimum atomic E-state index is 0. The molecule has 1 aliphatic heterocycles. The summed E-state index contributed by atoms with van der Waals surface area (Å²) in [4.78, 5) is 0. The van der Waals surface area contributed by atoms with Crippen LogP contribution in [-0.4, -0.2) is 11.0 Å². The standard InChI is InChI=1S/C4H4O2.2H2O/c1-2-6-4-3-5-1;;/h1-4H;2*1H2. The fraction of sp³-hybridized carbons (Fsp3) is 0. The lowest BCUT2D eigenvalue weighted by molar-refractivity contribution is 0.290. The molecule has 0 saturated heterocycles. The van der Waals surface area contributed by atoms with Gasteiger partial charge in [-0.3, -0.25) is 0 Å². The zero-order valence-corrected chi connectivity index (χ0v) is 4.13. The molecule has 8 heavy (non-hydrogen) atoms. The third-order valence-electron chi connectivity index (χ3n) is 0.425. The van der Waals surface area contributed by atoms with Gasteiger partial charge in [0.1, 0.15) is 25.0 Å². The summed E-state index contributed by atoms with van der Waals surface area (Å²) in [6.45, 7) is 0. The zero-order valence-electron chi connectivity index (χ0n) is 4.13. The lowest BCUT2D eigenvalue weighted by atomic mass is 10.9. The molecule has 4 N–H and O–H groups in total. The normalized spacial score (nSPS) is 12.0. The molecule has 0 saturated carbocycles. The first kappa shape index (κ1) is 10.1. The van der Waals surface area contributed by atoms with Gasteiger partial charge in [0.15, 0.2) is 0 Å².